The molecule has 1 aliphatic heterocycles. The van der Waals surface area contributed by atoms with Gasteiger partial charge in [-0.2, -0.15) is 0 Å². The molecule has 0 bridgehead atoms. The highest BCUT2D eigenvalue weighted by atomic mass is 16.5. The number of fused-ring (bicyclic) bond motifs is 1. The highest BCUT2D eigenvalue weighted by Gasteiger charge is 2.36. The molecule has 1 heterocycles. The van der Waals surface area contributed by atoms with Crippen LogP contribution in [0.3, 0.4) is 0 Å². The molecule has 2 atom stereocenters. The minimum atomic E-state index is -0.689. The first-order valence-corrected chi connectivity index (χ1v) is 10.7. The Hall–Kier alpha value is -2.70. The number of nitrogens with one attached hydrogen (secondary N) is 1. The highest BCUT2D eigenvalue weighted by Crippen LogP contribution is 2.25. The van der Waals surface area contributed by atoms with Crippen molar-refractivity contribution in [2.75, 3.05) is 13.2 Å². The second-order valence-corrected chi connectivity index (χ2v) is 8.72. The van der Waals surface area contributed by atoms with E-state index in [-0.39, 0.29) is 35.6 Å². The summed E-state index contributed by atoms with van der Waals surface area (Å²) in [6.45, 7) is 6.15. The summed E-state index contributed by atoms with van der Waals surface area (Å²) in [6, 6.07) is 4.43. The fourth-order valence-corrected chi connectivity index (χ4v) is 4.00. The first-order valence-electron chi connectivity index (χ1n) is 10.7. The third kappa shape index (κ3) is 4.89. The number of amides is 3. The molecule has 0 aromatic heterocycles. The molecule has 0 spiro atoms. The van der Waals surface area contributed by atoms with Crippen molar-refractivity contribution in [2.45, 2.75) is 58.9 Å². The molecule has 0 radical (unpaired) electrons. The standard InChI is InChI=1S/C23H30N2O5/c1-14(2)10-11-25-21(27)17-9-8-16(12-18(17)22(25)28)23(29)30-13-20(26)24-19-7-5-4-6-15(19)3/h8-9,12,14-15,19H,4-7,10-11,13H2,1-3H3,(H,24,26)/t15-,19+/m1/s1. The molecule has 1 aromatic rings. The third-order valence-electron chi connectivity index (χ3n) is 5.93. The average molecular weight is 415 g/mol. The lowest BCUT2D eigenvalue weighted by atomic mass is 9.86. The van der Waals surface area contributed by atoms with Gasteiger partial charge in [0.25, 0.3) is 17.7 Å². The number of benzene rings is 1. The molecule has 2 aliphatic rings. The molecule has 1 fully saturated rings. The van der Waals surface area contributed by atoms with E-state index in [1.54, 1.807) is 0 Å². The smallest absolute Gasteiger partial charge is 0.338 e. The second kappa shape index (κ2) is 9.41. The van der Waals surface area contributed by atoms with Crippen molar-refractivity contribution >= 4 is 23.7 Å². The van der Waals surface area contributed by atoms with E-state index in [4.69, 9.17) is 4.74 Å². The predicted octanol–water partition coefficient (Wildman–Crippen LogP) is 3.18. The lowest BCUT2D eigenvalue weighted by Crippen LogP contribution is -2.42. The van der Waals surface area contributed by atoms with Crippen LogP contribution >= 0.6 is 0 Å². The first-order chi connectivity index (χ1) is 14.3. The highest BCUT2D eigenvalue weighted by molar-refractivity contribution is 6.22. The molecule has 1 N–H and O–H groups in total. The minimum absolute atomic E-state index is 0.116. The zero-order valence-corrected chi connectivity index (χ0v) is 17.9. The van der Waals surface area contributed by atoms with Crippen LogP contribution < -0.4 is 5.32 Å². The summed E-state index contributed by atoms with van der Waals surface area (Å²) in [4.78, 5) is 50.8. The van der Waals surface area contributed by atoms with Crippen LogP contribution in [0.2, 0.25) is 0 Å². The first kappa shape index (κ1) is 22.0. The number of nitrogens with zero attached hydrogens (tertiary/aromatic N) is 1. The molecule has 0 saturated heterocycles. The molecule has 7 nitrogen and oxygen atoms in total. The van der Waals surface area contributed by atoms with Crippen molar-refractivity contribution < 1.29 is 23.9 Å². The number of carbonyl (C=O) groups is 4. The summed E-state index contributed by atoms with van der Waals surface area (Å²) in [7, 11) is 0. The Balaban J connectivity index is 1.58. The van der Waals surface area contributed by atoms with Crippen LogP contribution in [0, 0.1) is 11.8 Å². The SMILES string of the molecule is CC(C)CCN1C(=O)c2ccc(C(=O)OCC(=O)N[C@H]3CCCC[C@H]3C)cc2C1=O. The van der Waals surface area contributed by atoms with Crippen LogP contribution in [0.25, 0.3) is 0 Å². The molecule has 3 amide bonds. The Labute approximate surface area is 177 Å². The molecule has 0 unspecified atom stereocenters. The van der Waals surface area contributed by atoms with Crippen molar-refractivity contribution in [1.29, 1.82) is 0 Å². The Morgan fingerprint density at radius 3 is 2.53 bits per heavy atom. The molecule has 7 heteroatoms. The molecule has 30 heavy (non-hydrogen) atoms. The number of hydrogen-bond acceptors (Lipinski definition) is 5. The molecular weight excluding hydrogens is 384 g/mol. The maximum atomic E-state index is 12.6. The van der Waals surface area contributed by atoms with Gasteiger partial charge in [-0.15, -0.1) is 0 Å². The van der Waals surface area contributed by atoms with Gasteiger partial charge in [-0.3, -0.25) is 19.3 Å². The van der Waals surface area contributed by atoms with E-state index in [2.05, 4.69) is 12.2 Å². The maximum Gasteiger partial charge on any atom is 0.338 e. The zero-order chi connectivity index (χ0) is 21.8. The van der Waals surface area contributed by atoms with Crippen LogP contribution in [0.1, 0.15) is 83.9 Å². The number of rotatable bonds is 7. The van der Waals surface area contributed by atoms with Crippen LogP contribution in [0.4, 0.5) is 0 Å². The lowest BCUT2D eigenvalue weighted by Gasteiger charge is -2.29. The largest absolute Gasteiger partial charge is 0.452 e. The number of hydrogen-bond donors (Lipinski definition) is 1. The third-order valence-corrected chi connectivity index (χ3v) is 5.93. The van der Waals surface area contributed by atoms with Gasteiger partial charge < -0.3 is 10.1 Å². The van der Waals surface area contributed by atoms with E-state index in [0.29, 0.717) is 23.9 Å². The molecule has 162 valence electrons. The maximum absolute atomic E-state index is 12.6. The summed E-state index contributed by atoms with van der Waals surface area (Å²) in [5.41, 5.74) is 0.655. The van der Waals surface area contributed by atoms with Gasteiger partial charge in [0.1, 0.15) is 0 Å². The molecule has 1 aromatic carbocycles. The summed E-state index contributed by atoms with van der Waals surface area (Å²) in [5.74, 6) is -0.967. The quantitative estimate of drug-likeness (QED) is 0.546. The number of carbonyl (C=O) groups excluding carboxylic acids is 4. The van der Waals surface area contributed by atoms with E-state index in [1.807, 2.05) is 13.8 Å². The van der Waals surface area contributed by atoms with Gasteiger partial charge in [0, 0.05) is 12.6 Å². The Morgan fingerprint density at radius 2 is 1.83 bits per heavy atom. The van der Waals surface area contributed by atoms with Crippen molar-refractivity contribution in [3.8, 4) is 0 Å². The summed E-state index contributed by atoms with van der Waals surface area (Å²) < 4.78 is 5.13. The van der Waals surface area contributed by atoms with Gasteiger partial charge in [0.2, 0.25) is 0 Å². The Bertz CT molecular complexity index is 848. The molecule has 1 aliphatic carbocycles. The van der Waals surface area contributed by atoms with Crippen molar-refractivity contribution in [2.24, 2.45) is 11.8 Å². The predicted molar refractivity (Wildman–Crippen MR) is 111 cm³/mol. The molecule has 1 saturated carbocycles. The van der Waals surface area contributed by atoms with Crippen LogP contribution in [0.5, 0.6) is 0 Å². The fraction of sp³-hybridized carbons (Fsp3) is 0.565. The second-order valence-electron chi connectivity index (χ2n) is 8.72. The Kier molecular flexibility index (Phi) is 6.90. The Morgan fingerprint density at radius 1 is 1.13 bits per heavy atom. The molecule has 3 rings (SSSR count). The average Bonchev–Trinajstić information content (AvgIpc) is 2.96. The van der Waals surface area contributed by atoms with Crippen molar-refractivity contribution in [1.82, 2.24) is 10.2 Å². The van der Waals surface area contributed by atoms with Gasteiger partial charge in [0.05, 0.1) is 16.7 Å². The number of ether oxygens (including phenoxy) is 1. The lowest BCUT2D eigenvalue weighted by molar-refractivity contribution is -0.125. The van der Waals surface area contributed by atoms with E-state index < -0.39 is 11.9 Å². The van der Waals surface area contributed by atoms with Crippen LogP contribution in [0.15, 0.2) is 18.2 Å². The van der Waals surface area contributed by atoms with Gasteiger partial charge in [0.15, 0.2) is 6.61 Å². The molecular formula is C23H30N2O5. The van der Waals surface area contributed by atoms with Gasteiger partial charge in [-0.1, -0.05) is 33.6 Å². The van der Waals surface area contributed by atoms with Crippen molar-refractivity contribution in [3.63, 3.8) is 0 Å². The van der Waals surface area contributed by atoms with Gasteiger partial charge in [-0.25, -0.2) is 4.79 Å². The normalized spacial score (nSPS) is 21.0. The van der Waals surface area contributed by atoms with Gasteiger partial charge >= 0.3 is 5.97 Å². The number of imide groups is 1. The van der Waals surface area contributed by atoms with E-state index in [1.165, 1.54) is 29.5 Å². The van der Waals surface area contributed by atoms with Crippen LogP contribution in [-0.4, -0.2) is 47.8 Å². The van der Waals surface area contributed by atoms with Gasteiger partial charge in [-0.05, 0) is 49.3 Å². The summed E-state index contributed by atoms with van der Waals surface area (Å²) in [6.07, 6.45) is 5.01. The fourth-order valence-electron chi connectivity index (χ4n) is 4.00. The van der Waals surface area contributed by atoms with Crippen LogP contribution in [-0.2, 0) is 9.53 Å². The van der Waals surface area contributed by atoms with E-state index in [9.17, 15) is 19.2 Å². The topological polar surface area (TPSA) is 92.8 Å². The minimum Gasteiger partial charge on any atom is -0.452 e. The van der Waals surface area contributed by atoms with E-state index in [0.717, 1.165) is 25.7 Å². The summed E-state index contributed by atoms with van der Waals surface area (Å²) in [5, 5.41) is 2.94. The van der Waals surface area contributed by atoms with Crippen molar-refractivity contribution in [3.05, 3.63) is 34.9 Å². The zero-order valence-electron chi connectivity index (χ0n) is 17.9. The monoisotopic (exact) mass is 414 g/mol. The number of esters is 1. The van der Waals surface area contributed by atoms with E-state index >= 15 is 0 Å². The summed E-state index contributed by atoms with van der Waals surface area (Å²) >= 11 is 0.